The van der Waals surface area contributed by atoms with Crippen molar-refractivity contribution in [3.05, 3.63) is 34.3 Å². The molecule has 1 aromatic carbocycles. The highest BCUT2D eigenvalue weighted by Crippen LogP contribution is 2.28. The molecule has 0 saturated heterocycles. The molecule has 6 nitrogen and oxygen atoms in total. The zero-order valence-corrected chi connectivity index (χ0v) is 13.7. The van der Waals surface area contributed by atoms with Gasteiger partial charge in [-0.25, -0.2) is 9.98 Å². The Balaban J connectivity index is 2.07. The van der Waals surface area contributed by atoms with Gasteiger partial charge >= 0.3 is 0 Å². The van der Waals surface area contributed by atoms with Crippen LogP contribution in [0.3, 0.4) is 0 Å². The van der Waals surface area contributed by atoms with E-state index in [1.165, 1.54) is 0 Å². The van der Waals surface area contributed by atoms with Crippen molar-refractivity contribution in [2.45, 2.75) is 19.9 Å². The number of ether oxygens (including phenoxy) is 2. The number of hydrogen-bond donors (Lipinski definition) is 2. The minimum atomic E-state index is 0.303. The molecule has 3 N–H and O–H groups in total. The van der Waals surface area contributed by atoms with E-state index in [1.807, 2.05) is 17.5 Å². The third kappa shape index (κ3) is 4.11. The van der Waals surface area contributed by atoms with Gasteiger partial charge in [-0.15, -0.1) is 11.3 Å². The molecule has 0 aliphatic carbocycles. The molecule has 0 radical (unpaired) electrons. The molecule has 22 heavy (non-hydrogen) atoms. The van der Waals surface area contributed by atoms with Gasteiger partial charge in [0.2, 0.25) is 0 Å². The summed E-state index contributed by atoms with van der Waals surface area (Å²) in [5, 5.41) is 6.13. The van der Waals surface area contributed by atoms with Gasteiger partial charge in [0.15, 0.2) is 5.96 Å². The van der Waals surface area contributed by atoms with Crippen LogP contribution in [0.2, 0.25) is 0 Å². The highest BCUT2D eigenvalue weighted by atomic mass is 32.1. The summed E-state index contributed by atoms with van der Waals surface area (Å²) in [5.41, 5.74) is 7.55. The number of rotatable bonds is 6. The van der Waals surface area contributed by atoms with Crippen LogP contribution in [0.4, 0.5) is 5.69 Å². The van der Waals surface area contributed by atoms with Gasteiger partial charge in [0, 0.05) is 11.4 Å². The number of thiazole rings is 1. The van der Waals surface area contributed by atoms with Crippen molar-refractivity contribution in [1.82, 2.24) is 4.98 Å². The monoisotopic (exact) mass is 320 g/mol. The lowest BCUT2D eigenvalue weighted by Gasteiger charge is -2.12. The average Bonchev–Trinajstić information content (AvgIpc) is 3.01. The van der Waals surface area contributed by atoms with Crippen LogP contribution >= 0.6 is 11.3 Å². The third-order valence-corrected chi connectivity index (χ3v) is 4.02. The van der Waals surface area contributed by atoms with E-state index >= 15 is 0 Å². The summed E-state index contributed by atoms with van der Waals surface area (Å²) < 4.78 is 10.5. The van der Waals surface area contributed by atoms with Crippen LogP contribution < -0.4 is 20.5 Å². The Labute approximate surface area is 134 Å². The van der Waals surface area contributed by atoms with E-state index < -0.39 is 0 Å². The molecule has 0 unspecified atom stereocenters. The van der Waals surface area contributed by atoms with E-state index in [2.05, 4.69) is 22.2 Å². The molecule has 0 aliphatic rings. The quantitative estimate of drug-likeness (QED) is 0.631. The second kappa shape index (κ2) is 7.65. The number of methoxy groups -OCH3 is 2. The molecule has 0 saturated carbocycles. The molecule has 1 aromatic heterocycles. The van der Waals surface area contributed by atoms with Crippen LogP contribution in [0.15, 0.2) is 28.6 Å². The first kappa shape index (κ1) is 16.1. The second-order valence-electron chi connectivity index (χ2n) is 4.48. The second-order valence-corrected chi connectivity index (χ2v) is 5.42. The topological polar surface area (TPSA) is 81.8 Å². The van der Waals surface area contributed by atoms with Crippen LogP contribution in [-0.2, 0) is 13.0 Å². The van der Waals surface area contributed by atoms with Gasteiger partial charge in [-0.05, 0) is 18.6 Å². The standard InChI is InChI=1S/C15H20N4O2S/c1-4-14-18-10(9-22-14)8-17-15(16)19-12-7-11(20-2)5-6-13(12)21-3/h5-7,9H,4,8H2,1-3H3,(H3,16,17,19). The van der Waals surface area contributed by atoms with Crippen molar-refractivity contribution < 1.29 is 9.47 Å². The zero-order valence-electron chi connectivity index (χ0n) is 12.9. The maximum absolute atomic E-state index is 5.93. The minimum Gasteiger partial charge on any atom is -0.497 e. The molecule has 2 rings (SSSR count). The number of nitrogens with two attached hydrogens (primary N) is 1. The van der Waals surface area contributed by atoms with Crippen molar-refractivity contribution in [3.63, 3.8) is 0 Å². The lowest BCUT2D eigenvalue weighted by molar-refractivity contribution is 0.405. The van der Waals surface area contributed by atoms with Gasteiger partial charge in [0.25, 0.3) is 0 Å². The Morgan fingerprint density at radius 2 is 2.18 bits per heavy atom. The Morgan fingerprint density at radius 1 is 1.36 bits per heavy atom. The molecule has 118 valence electrons. The Bertz CT molecular complexity index is 655. The van der Waals surface area contributed by atoms with E-state index in [4.69, 9.17) is 15.2 Å². The molecule has 0 fully saturated rings. The molecule has 0 aliphatic heterocycles. The largest absolute Gasteiger partial charge is 0.497 e. The number of anilines is 1. The smallest absolute Gasteiger partial charge is 0.193 e. The summed E-state index contributed by atoms with van der Waals surface area (Å²) >= 11 is 1.64. The summed E-state index contributed by atoms with van der Waals surface area (Å²) in [5.74, 6) is 1.68. The first-order valence-corrected chi connectivity index (χ1v) is 7.76. The maximum atomic E-state index is 5.93. The molecule has 1 heterocycles. The fraction of sp³-hybridized carbons (Fsp3) is 0.333. The number of hydrogen-bond acceptors (Lipinski definition) is 5. The molecule has 7 heteroatoms. The average molecular weight is 320 g/mol. The highest BCUT2D eigenvalue weighted by Gasteiger charge is 2.06. The van der Waals surface area contributed by atoms with Crippen LogP contribution in [0.25, 0.3) is 0 Å². The summed E-state index contributed by atoms with van der Waals surface area (Å²) in [7, 11) is 3.21. The van der Waals surface area contributed by atoms with Gasteiger partial charge in [-0.1, -0.05) is 6.92 Å². The summed E-state index contributed by atoms with van der Waals surface area (Å²) in [6.07, 6.45) is 0.934. The fourth-order valence-corrected chi connectivity index (χ4v) is 2.58. The lowest BCUT2D eigenvalue weighted by Crippen LogP contribution is -2.23. The van der Waals surface area contributed by atoms with E-state index in [-0.39, 0.29) is 0 Å². The maximum Gasteiger partial charge on any atom is 0.193 e. The van der Waals surface area contributed by atoms with Gasteiger partial charge in [-0.2, -0.15) is 0 Å². The van der Waals surface area contributed by atoms with Crippen molar-refractivity contribution in [3.8, 4) is 11.5 Å². The summed E-state index contributed by atoms with van der Waals surface area (Å²) in [4.78, 5) is 8.75. The predicted molar refractivity (Wildman–Crippen MR) is 90.0 cm³/mol. The summed E-state index contributed by atoms with van der Waals surface area (Å²) in [6, 6.07) is 5.43. The molecule has 0 amide bonds. The van der Waals surface area contributed by atoms with E-state index in [0.717, 1.165) is 17.1 Å². The molecule has 0 atom stereocenters. The fourth-order valence-electron chi connectivity index (χ4n) is 1.84. The number of nitrogens with one attached hydrogen (secondary N) is 1. The predicted octanol–water partition coefficient (Wildman–Crippen LogP) is 2.65. The number of aliphatic imine (C=N–C) groups is 1. The first-order chi connectivity index (χ1) is 10.7. The molecule has 0 spiro atoms. The Morgan fingerprint density at radius 3 is 2.82 bits per heavy atom. The minimum absolute atomic E-state index is 0.303. The normalized spacial score (nSPS) is 11.3. The zero-order chi connectivity index (χ0) is 15.9. The van der Waals surface area contributed by atoms with E-state index in [0.29, 0.717) is 29.7 Å². The van der Waals surface area contributed by atoms with Crippen LogP contribution in [0.1, 0.15) is 17.6 Å². The van der Waals surface area contributed by atoms with Crippen LogP contribution in [-0.4, -0.2) is 25.2 Å². The molecule has 0 bridgehead atoms. The number of nitrogens with zero attached hydrogens (tertiary/aromatic N) is 2. The first-order valence-electron chi connectivity index (χ1n) is 6.88. The Kier molecular flexibility index (Phi) is 5.60. The van der Waals surface area contributed by atoms with Gasteiger partial charge < -0.3 is 20.5 Å². The van der Waals surface area contributed by atoms with E-state index in [1.54, 1.807) is 31.6 Å². The van der Waals surface area contributed by atoms with Crippen LogP contribution in [0.5, 0.6) is 11.5 Å². The third-order valence-electron chi connectivity index (χ3n) is 2.98. The number of aromatic nitrogens is 1. The van der Waals surface area contributed by atoms with Gasteiger partial charge in [-0.3, -0.25) is 0 Å². The number of guanidine groups is 1. The van der Waals surface area contributed by atoms with Crippen molar-refractivity contribution >= 4 is 23.0 Å². The molecular formula is C15H20N4O2S. The molecular weight excluding hydrogens is 300 g/mol. The summed E-state index contributed by atoms with van der Waals surface area (Å²) in [6.45, 7) is 2.53. The SMILES string of the molecule is CCc1nc(CN=C(N)Nc2cc(OC)ccc2OC)cs1. The number of aryl methyl sites for hydroxylation is 1. The number of benzene rings is 1. The van der Waals surface area contributed by atoms with Crippen molar-refractivity contribution in [2.75, 3.05) is 19.5 Å². The highest BCUT2D eigenvalue weighted by molar-refractivity contribution is 7.09. The van der Waals surface area contributed by atoms with Crippen molar-refractivity contribution in [2.24, 2.45) is 10.7 Å². The van der Waals surface area contributed by atoms with E-state index in [9.17, 15) is 0 Å². The van der Waals surface area contributed by atoms with Gasteiger partial charge in [0.1, 0.15) is 11.5 Å². The lowest BCUT2D eigenvalue weighted by atomic mass is 10.2. The van der Waals surface area contributed by atoms with Gasteiger partial charge in [0.05, 0.1) is 37.2 Å². The molecule has 2 aromatic rings. The Hall–Kier alpha value is -2.28. The van der Waals surface area contributed by atoms with Crippen molar-refractivity contribution in [1.29, 1.82) is 0 Å². The van der Waals surface area contributed by atoms with Crippen LogP contribution in [0, 0.1) is 0 Å².